The van der Waals surface area contributed by atoms with E-state index in [2.05, 4.69) is 50.0 Å². The summed E-state index contributed by atoms with van der Waals surface area (Å²) in [6.45, 7) is 7.55. The lowest BCUT2D eigenvalue weighted by Crippen LogP contribution is -2.33. The second-order valence-corrected chi connectivity index (χ2v) is 10.5. The minimum absolute atomic E-state index is 0.0810. The molecule has 0 N–H and O–H groups in total. The first-order valence-corrected chi connectivity index (χ1v) is 11.9. The van der Waals surface area contributed by atoms with E-state index in [1.807, 2.05) is 6.20 Å². The van der Waals surface area contributed by atoms with Crippen molar-refractivity contribution in [2.45, 2.75) is 46.2 Å². The van der Waals surface area contributed by atoms with Gasteiger partial charge in [-0.1, -0.05) is 13.8 Å². The molecule has 1 atom stereocenters. The minimum Gasteiger partial charge on any atom is -0.492 e. The van der Waals surface area contributed by atoms with Crippen molar-refractivity contribution in [2.24, 2.45) is 5.92 Å². The Labute approximate surface area is 168 Å². The van der Waals surface area contributed by atoms with Gasteiger partial charge in [0.05, 0.1) is 25.1 Å². The highest BCUT2D eigenvalue weighted by molar-refractivity contribution is 7.90. The predicted molar refractivity (Wildman–Crippen MR) is 114 cm³/mol. The summed E-state index contributed by atoms with van der Waals surface area (Å²) in [7, 11) is -0.882. The Hall–Kier alpha value is -2.02. The number of rotatable bonds is 7. The van der Waals surface area contributed by atoms with E-state index in [4.69, 9.17) is 4.74 Å². The van der Waals surface area contributed by atoms with Crippen LogP contribution in [0.25, 0.3) is 11.1 Å². The van der Waals surface area contributed by atoms with Gasteiger partial charge < -0.3 is 9.64 Å². The van der Waals surface area contributed by atoms with Gasteiger partial charge in [-0.2, -0.15) is 5.10 Å². The molecule has 0 saturated carbocycles. The molecule has 0 amide bonds. The molecule has 0 radical (unpaired) electrons. The third kappa shape index (κ3) is 4.69. The van der Waals surface area contributed by atoms with Crippen LogP contribution in [0.1, 0.15) is 32.8 Å². The largest absolute Gasteiger partial charge is 0.492 e. The molecule has 0 unspecified atom stereocenters. The number of nitrogens with zero attached hydrogens (tertiary/aromatic N) is 3. The van der Waals surface area contributed by atoms with Crippen LogP contribution in [-0.4, -0.2) is 49.9 Å². The molecule has 154 valence electrons. The quantitative estimate of drug-likeness (QED) is 0.706. The summed E-state index contributed by atoms with van der Waals surface area (Å²) in [6, 6.07) is 4.77. The summed E-state index contributed by atoms with van der Waals surface area (Å²) in [5, 5.41) is 4.36. The van der Waals surface area contributed by atoms with Crippen LogP contribution in [0.15, 0.2) is 24.5 Å². The minimum atomic E-state index is -3.02. The van der Waals surface area contributed by atoms with Crippen molar-refractivity contribution >= 4 is 15.5 Å². The van der Waals surface area contributed by atoms with Crippen molar-refractivity contribution in [3.63, 3.8) is 0 Å². The maximum absolute atomic E-state index is 11.4. The Bertz CT molecular complexity index is 934. The number of benzene rings is 1. The standard InChI is InChI=1S/C21H31N3O3S/c1-15(2)14-27-21-18(8-9-20-19(21)7-6-16(3)23(20)4)17-12-22-24(13-17)10-11-28(5,25)26/h8-9,12-13,15-16H,6-7,10-11,14H2,1-5H3/t16-/m0/s1. The number of ether oxygens (including phenoxy) is 1. The van der Waals surface area contributed by atoms with Crippen LogP contribution in [0.4, 0.5) is 5.69 Å². The number of aryl methyl sites for hydroxylation is 1. The van der Waals surface area contributed by atoms with Crippen molar-refractivity contribution < 1.29 is 13.2 Å². The van der Waals surface area contributed by atoms with Gasteiger partial charge in [0.2, 0.25) is 0 Å². The third-order valence-corrected chi connectivity index (χ3v) is 6.21. The SMILES string of the molecule is CC(C)COc1c(-c2cnn(CCS(C)(=O)=O)c2)ccc2c1CC[C@H](C)N2C. The van der Waals surface area contributed by atoms with E-state index in [0.29, 0.717) is 25.1 Å². The zero-order chi connectivity index (χ0) is 20.5. The molecule has 2 heterocycles. The summed E-state index contributed by atoms with van der Waals surface area (Å²) in [6.07, 6.45) is 7.03. The molecular formula is C21H31N3O3S. The highest BCUT2D eigenvalue weighted by atomic mass is 32.2. The topological polar surface area (TPSA) is 64.4 Å². The number of hydrogen-bond donors (Lipinski definition) is 0. The van der Waals surface area contributed by atoms with E-state index in [1.165, 1.54) is 17.5 Å². The highest BCUT2D eigenvalue weighted by Gasteiger charge is 2.25. The van der Waals surface area contributed by atoms with E-state index in [-0.39, 0.29) is 5.75 Å². The number of sulfone groups is 1. The summed E-state index contributed by atoms with van der Waals surface area (Å²) in [4.78, 5) is 2.32. The normalized spacial score (nSPS) is 17.1. The van der Waals surface area contributed by atoms with Crippen molar-refractivity contribution in [3.8, 4) is 16.9 Å². The first-order valence-electron chi connectivity index (χ1n) is 9.87. The number of anilines is 1. The molecule has 2 aromatic rings. The van der Waals surface area contributed by atoms with Crippen molar-refractivity contribution in [1.29, 1.82) is 0 Å². The van der Waals surface area contributed by atoms with Gasteiger partial charge >= 0.3 is 0 Å². The fourth-order valence-corrected chi connectivity index (χ4v) is 4.02. The Kier molecular flexibility index (Phi) is 6.03. The van der Waals surface area contributed by atoms with Crippen LogP contribution in [-0.2, 0) is 22.8 Å². The zero-order valence-electron chi connectivity index (χ0n) is 17.5. The van der Waals surface area contributed by atoms with E-state index in [9.17, 15) is 8.42 Å². The molecule has 3 rings (SSSR count). The number of hydrogen-bond acceptors (Lipinski definition) is 5. The van der Waals surface area contributed by atoms with Gasteiger partial charge in [-0.25, -0.2) is 8.42 Å². The predicted octanol–water partition coefficient (Wildman–Crippen LogP) is 3.40. The van der Waals surface area contributed by atoms with Crippen LogP contribution in [0.2, 0.25) is 0 Å². The van der Waals surface area contributed by atoms with Gasteiger partial charge in [0.25, 0.3) is 0 Å². The molecule has 7 heteroatoms. The number of fused-ring (bicyclic) bond motifs is 1. The van der Waals surface area contributed by atoms with Gasteiger partial charge in [0, 0.05) is 47.9 Å². The lowest BCUT2D eigenvalue weighted by molar-refractivity contribution is 0.269. The third-order valence-electron chi connectivity index (χ3n) is 5.29. The summed E-state index contributed by atoms with van der Waals surface area (Å²) < 4.78 is 30.9. The first-order chi connectivity index (χ1) is 13.2. The monoisotopic (exact) mass is 405 g/mol. The molecule has 1 aromatic heterocycles. The molecule has 6 nitrogen and oxygen atoms in total. The molecule has 0 fully saturated rings. The van der Waals surface area contributed by atoms with Crippen LogP contribution < -0.4 is 9.64 Å². The van der Waals surface area contributed by atoms with Crippen LogP contribution in [0.3, 0.4) is 0 Å². The van der Waals surface area contributed by atoms with Gasteiger partial charge in [-0.3, -0.25) is 4.68 Å². The second-order valence-electron chi connectivity index (χ2n) is 8.27. The molecule has 0 bridgehead atoms. The molecule has 28 heavy (non-hydrogen) atoms. The number of aromatic nitrogens is 2. The molecular weight excluding hydrogens is 374 g/mol. The molecule has 0 aliphatic carbocycles. The average Bonchev–Trinajstić information content (AvgIpc) is 3.09. The lowest BCUT2D eigenvalue weighted by Gasteiger charge is -2.35. The summed E-state index contributed by atoms with van der Waals surface area (Å²) >= 11 is 0. The lowest BCUT2D eigenvalue weighted by atomic mass is 9.93. The maximum atomic E-state index is 11.4. The highest BCUT2D eigenvalue weighted by Crippen LogP contribution is 2.42. The molecule has 1 aliphatic heterocycles. The van der Waals surface area contributed by atoms with Crippen molar-refractivity contribution in [1.82, 2.24) is 9.78 Å². The van der Waals surface area contributed by atoms with E-state index in [1.54, 1.807) is 10.9 Å². The molecule has 0 saturated heterocycles. The van der Waals surface area contributed by atoms with Crippen molar-refractivity contribution in [2.75, 3.05) is 30.6 Å². The van der Waals surface area contributed by atoms with Crippen LogP contribution in [0, 0.1) is 5.92 Å². The first kappa shape index (κ1) is 20.7. The van der Waals surface area contributed by atoms with E-state index < -0.39 is 9.84 Å². The smallest absolute Gasteiger partial charge is 0.149 e. The van der Waals surface area contributed by atoms with Crippen LogP contribution >= 0.6 is 0 Å². The fraction of sp³-hybridized carbons (Fsp3) is 0.571. The Morgan fingerprint density at radius 3 is 2.75 bits per heavy atom. The van der Waals surface area contributed by atoms with Gasteiger partial charge in [-0.05, 0) is 37.8 Å². The fourth-order valence-electron chi connectivity index (χ4n) is 3.50. The Morgan fingerprint density at radius 1 is 1.32 bits per heavy atom. The molecule has 0 spiro atoms. The second kappa shape index (κ2) is 8.15. The Morgan fingerprint density at radius 2 is 2.07 bits per heavy atom. The summed E-state index contributed by atoms with van der Waals surface area (Å²) in [5.41, 5.74) is 4.46. The molecule has 1 aliphatic rings. The van der Waals surface area contributed by atoms with Gasteiger partial charge in [0.15, 0.2) is 0 Å². The maximum Gasteiger partial charge on any atom is 0.149 e. The molecule has 1 aromatic carbocycles. The van der Waals surface area contributed by atoms with E-state index in [0.717, 1.165) is 29.7 Å². The van der Waals surface area contributed by atoms with Gasteiger partial charge in [0.1, 0.15) is 15.6 Å². The summed E-state index contributed by atoms with van der Waals surface area (Å²) in [5.74, 6) is 1.45. The van der Waals surface area contributed by atoms with E-state index >= 15 is 0 Å². The van der Waals surface area contributed by atoms with Crippen LogP contribution in [0.5, 0.6) is 5.75 Å². The van der Waals surface area contributed by atoms with Gasteiger partial charge in [-0.15, -0.1) is 0 Å². The zero-order valence-corrected chi connectivity index (χ0v) is 18.3. The average molecular weight is 406 g/mol. The van der Waals surface area contributed by atoms with Crippen molar-refractivity contribution in [3.05, 3.63) is 30.1 Å². The Balaban J connectivity index is 1.97.